The Balaban J connectivity index is 4.35. The van der Waals surface area contributed by atoms with E-state index in [0.717, 1.165) is 0 Å². The van der Waals surface area contributed by atoms with E-state index in [1.807, 2.05) is 6.92 Å². The van der Waals surface area contributed by atoms with Crippen LogP contribution in [0.4, 0.5) is 0 Å². The SMILES string of the molecule is CC(CN)CC(=O)N(CC(=O)O)C(C)C. The largest absolute Gasteiger partial charge is 0.480 e. The molecule has 15 heavy (non-hydrogen) atoms. The van der Waals surface area contributed by atoms with Gasteiger partial charge >= 0.3 is 5.97 Å². The highest BCUT2D eigenvalue weighted by Crippen LogP contribution is 2.07. The summed E-state index contributed by atoms with van der Waals surface area (Å²) in [5, 5.41) is 8.65. The fraction of sp³-hybridized carbons (Fsp3) is 0.800. The van der Waals surface area contributed by atoms with Crippen molar-refractivity contribution in [3.05, 3.63) is 0 Å². The summed E-state index contributed by atoms with van der Waals surface area (Å²) < 4.78 is 0. The predicted molar refractivity (Wildman–Crippen MR) is 57.3 cm³/mol. The number of hydrogen-bond acceptors (Lipinski definition) is 3. The van der Waals surface area contributed by atoms with Crippen LogP contribution in [0.2, 0.25) is 0 Å². The van der Waals surface area contributed by atoms with Gasteiger partial charge < -0.3 is 15.7 Å². The number of carbonyl (C=O) groups is 2. The Bertz CT molecular complexity index is 229. The Morgan fingerprint density at radius 3 is 2.20 bits per heavy atom. The van der Waals surface area contributed by atoms with Gasteiger partial charge in [0.2, 0.25) is 5.91 Å². The van der Waals surface area contributed by atoms with Crippen LogP contribution in [0.25, 0.3) is 0 Å². The van der Waals surface area contributed by atoms with Crippen LogP contribution in [-0.2, 0) is 9.59 Å². The Morgan fingerprint density at radius 2 is 1.87 bits per heavy atom. The number of carboxylic acids is 1. The van der Waals surface area contributed by atoms with Gasteiger partial charge in [0.1, 0.15) is 6.54 Å². The van der Waals surface area contributed by atoms with E-state index < -0.39 is 5.97 Å². The van der Waals surface area contributed by atoms with Crippen molar-refractivity contribution < 1.29 is 14.7 Å². The van der Waals surface area contributed by atoms with Gasteiger partial charge in [0, 0.05) is 12.5 Å². The topological polar surface area (TPSA) is 83.6 Å². The molecule has 0 radical (unpaired) electrons. The van der Waals surface area contributed by atoms with Crippen molar-refractivity contribution in [3.63, 3.8) is 0 Å². The summed E-state index contributed by atoms with van der Waals surface area (Å²) >= 11 is 0. The Morgan fingerprint density at radius 1 is 1.33 bits per heavy atom. The number of nitrogens with zero attached hydrogens (tertiary/aromatic N) is 1. The van der Waals surface area contributed by atoms with Gasteiger partial charge in [0.25, 0.3) is 0 Å². The second kappa shape index (κ2) is 6.40. The van der Waals surface area contributed by atoms with Gasteiger partial charge in [-0.25, -0.2) is 0 Å². The average Bonchev–Trinajstić information content (AvgIpc) is 2.12. The molecular formula is C10H20N2O3. The molecule has 0 aliphatic carbocycles. The standard InChI is InChI=1S/C10H20N2O3/c1-7(2)12(6-10(14)15)9(13)4-8(3)5-11/h7-8H,4-6,11H2,1-3H3,(H,14,15). The Labute approximate surface area is 90.2 Å². The minimum Gasteiger partial charge on any atom is -0.480 e. The molecule has 0 aromatic carbocycles. The fourth-order valence-corrected chi connectivity index (χ4v) is 1.20. The molecule has 0 aromatic rings. The van der Waals surface area contributed by atoms with Gasteiger partial charge in [0.15, 0.2) is 0 Å². The van der Waals surface area contributed by atoms with E-state index in [-0.39, 0.29) is 24.4 Å². The van der Waals surface area contributed by atoms with Crippen molar-refractivity contribution >= 4 is 11.9 Å². The van der Waals surface area contributed by atoms with E-state index in [4.69, 9.17) is 10.8 Å². The highest BCUT2D eigenvalue weighted by atomic mass is 16.4. The predicted octanol–water partition coefficient (Wildman–Crippen LogP) is 0.293. The molecule has 5 heteroatoms. The second-order valence-electron chi connectivity index (χ2n) is 4.05. The molecule has 0 saturated heterocycles. The Kier molecular flexibility index (Phi) is 5.93. The molecule has 0 saturated carbocycles. The van der Waals surface area contributed by atoms with E-state index in [9.17, 15) is 9.59 Å². The van der Waals surface area contributed by atoms with Crippen molar-refractivity contribution in [3.8, 4) is 0 Å². The minimum absolute atomic E-state index is 0.0903. The van der Waals surface area contributed by atoms with Crippen LogP contribution in [0.15, 0.2) is 0 Å². The molecule has 3 N–H and O–H groups in total. The third-order valence-corrected chi connectivity index (χ3v) is 2.17. The number of amides is 1. The third-order valence-electron chi connectivity index (χ3n) is 2.17. The van der Waals surface area contributed by atoms with Crippen LogP contribution in [0.5, 0.6) is 0 Å². The zero-order chi connectivity index (χ0) is 12.0. The van der Waals surface area contributed by atoms with E-state index in [1.54, 1.807) is 13.8 Å². The summed E-state index contributed by atoms with van der Waals surface area (Å²) in [7, 11) is 0. The normalized spacial score (nSPS) is 12.6. The second-order valence-corrected chi connectivity index (χ2v) is 4.05. The quantitative estimate of drug-likeness (QED) is 0.668. The minimum atomic E-state index is -0.988. The van der Waals surface area contributed by atoms with Gasteiger partial charge in [-0.2, -0.15) is 0 Å². The summed E-state index contributed by atoms with van der Waals surface area (Å²) in [4.78, 5) is 23.6. The zero-order valence-corrected chi connectivity index (χ0v) is 9.56. The number of carbonyl (C=O) groups excluding carboxylic acids is 1. The third kappa shape index (κ3) is 5.37. The molecule has 0 spiro atoms. The van der Waals surface area contributed by atoms with Crippen molar-refractivity contribution in [2.24, 2.45) is 11.7 Å². The maximum absolute atomic E-state index is 11.7. The summed E-state index contributed by atoms with van der Waals surface area (Å²) in [5.74, 6) is -1.05. The maximum atomic E-state index is 11.7. The van der Waals surface area contributed by atoms with Crippen LogP contribution in [0.1, 0.15) is 27.2 Å². The first-order valence-corrected chi connectivity index (χ1v) is 5.09. The first kappa shape index (κ1) is 13.9. The van der Waals surface area contributed by atoms with Crippen LogP contribution >= 0.6 is 0 Å². The number of rotatable bonds is 6. The monoisotopic (exact) mass is 216 g/mol. The summed E-state index contributed by atoms with van der Waals surface area (Å²) in [6.07, 6.45) is 0.307. The van der Waals surface area contributed by atoms with E-state index in [2.05, 4.69) is 0 Å². The van der Waals surface area contributed by atoms with Crippen molar-refractivity contribution in [2.45, 2.75) is 33.2 Å². The fourth-order valence-electron chi connectivity index (χ4n) is 1.20. The molecule has 0 aromatic heterocycles. The lowest BCUT2D eigenvalue weighted by atomic mass is 10.1. The molecule has 1 atom stereocenters. The Hall–Kier alpha value is -1.10. The molecule has 0 aliphatic heterocycles. The van der Waals surface area contributed by atoms with Crippen LogP contribution in [0, 0.1) is 5.92 Å². The summed E-state index contributed by atoms with van der Waals surface area (Å²) in [6, 6.07) is -0.0985. The first-order valence-electron chi connectivity index (χ1n) is 5.09. The average molecular weight is 216 g/mol. The van der Waals surface area contributed by atoms with Crippen molar-refractivity contribution in [2.75, 3.05) is 13.1 Å². The molecule has 1 amide bonds. The maximum Gasteiger partial charge on any atom is 0.323 e. The van der Waals surface area contributed by atoms with Crippen LogP contribution in [0.3, 0.4) is 0 Å². The molecule has 0 heterocycles. The highest BCUT2D eigenvalue weighted by Gasteiger charge is 2.20. The number of aliphatic carboxylic acids is 1. The molecule has 88 valence electrons. The van der Waals surface area contributed by atoms with E-state index >= 15 is 0 Å². The molecule has 0 bridgehead atoms. The molecule has 0 aliphatic rings. The number of nitrogens with two attached hydrogens (primary N) is 1. The van der Waals surface area contributed by atoms with Gasteiger partial charge in [0.05, 0.1) is 0 Å². The number of carboxylic acid groups (broad SMARTS) is 1. The first-order chi connectivity index (χ1) is 6.88. The zero-order valence-electron chi connectivity index (χ0n) is 9.56. The van der Waals surface area contributed by atoms with Gasteiger partial charge in [-0.1, -0.05) is 6.92 Å². The molecule has 5 nitrogen and oxygen atoms in total. The smallest absolute Gasteiger partial charge is 0.323 e. The lowest BCUT2D eigenvalue weighted by molar-refractivity contribution is -0.146. The molecular weight excluding hydrogens is 196 g/mol. The lowest BCUT2D eigenvalue weighted by Crippen LogP contribution is -2.41. The highest BCUT2D eigenvalue weighted by molar-refractivity contribution is 5.81. The van der Waals surface area contributed by atoms with Gasteiger partial charge in [-0.3, -0.25) is 9.59 Å². The molecule has 1 unspecified atom stereocenters. The van der Waals surface area contributed by atoms with Crippen molar-refractivity contribution in [1.29, 1.82) is 0 Å². The number of hydrogen-bond donors (Lipinski definition) is 2. The van der Waals surface area contributed by atoms with Gasteiger partial charge in [-0.15, -0.1) is 0 Å². The molecule has 0 rings (SSSR count). The van der Waals surface area contributed by atoms with E-state index in [0.29, 0.717) is 13.0 Å². The van der Waals surface area contributed by atoms with Crippen molar-refractivity contribution in [1.82, 2.24) is 4.90 Å². The van der Waals surface area contributed by atoms with Gasteiger partial charge in [-0.05, 0) is 26.3 Å². The molecule has 0 fully saturated rings. The lowest BCUT2D eigenvalue weighted by Gasteiger charge is -2.26. The van der Waals surface area contributed by atoms with Crippen LogP contribution < -0.4 is 5.73 Å². The summed E-state index contributed by atoms with van der Waals surface area (Å²) in [6.45, 7) is 5.66. The summed E-state index contributed by atoms with van der Waals surface area (Å²) in [5.41, 5.74) is 5.41. The van der Waals surface area contributed by atoms with E-state index in [1.165, 1.54) is 4.90 Å². The van der Waals surface area contributed by atoms with Crippen LogP contribution in [-0.4, -0.2) is 41.0 Å².